The van der Waals surface area contributed by atoms with Crippen molar-refractivity contribution in [3.05, 3.63) is 35.8 Å². The van der Waals surface area contributed by atoms with E-state index in [1.54, 1.807) is 0 Å². The maximum atomic E-state index is 4.39. The van der Waals surface area contributed by atoms with E-state index in [1.165, 1.54) is 0 Å². The fraction of sp³-hybridized carbons (Fsp3) is 0.462. The SMILES string of the molecule is CCn1ccnc1[C@@H](C)Nc1cc(C)nc(C)n1. The molecule has 1 N–H and O–H groups in total. The highest BCUT2D eigenvalue weighted by Crippen LogP contribution is 2.16. The molecule has 2 aromatic heterocycles. The molecule has 0 aliphatic carbocycles. The highest BCUT2D eigenvalue weighted by molar-refractivity contribution is 5.37. The average Bonchev–Trinajstić information content (AvgIpc) is 2.75. The third-order valence-electron chi connectivity index (χ3n) is 2.81. The first kappa shape index (κ1) is 12.5. The van der Waals surface area contributed by atoms with Gasteiger partial charge in [0.1, 0.15) is 17.5 Å². The summed E-state index contributed by atoms with van der Waals surface area (Å²) in [7, 11) is 0. The van der Waals surface area contributed by atoms with Crippen LogP contribution < -0.4 is 5.32 Å². The number of nitrogens with zero attached hydrogens (tertiary/aromatic N) is 4. The van der Waals surface area contributed by atoms with Crippen LogP contribution in [-0.4, -0.2) is 19.5 Å². The molecule has 5 nitrogen and oxygen atoms in total. The van der Waals surface area contributed by atoms with E-state index in [0.29, 0.717) is 0 Å². The van der Waals surface area contributed by atoms with Gasteiger partial charge in [-0.1, -0.05) is 0 Å². The molecule has 0 amide bonds. The van der Waals surface area contributed by atoms with Crippen molar-refractivity contribution in [3.63, 3.8) is 0 Å². The molecular weight excluding hydrogens is 226 g/mol. The predicted octanol–water partition coefficient (Wildman–Crippen LogP) is 2.48. The van der Waals surface area contributed by atoms with Crippen LogP contribution in [0, 0.1) is 13.8 Å². The molecule has 0 aliphatic rings. The van der Waals surface area contributed by atoms with Gasteiger partial charge in [0.25, 0.3) is 0 Å². The summed E-state index contributed by atoms with van der Waals surface area (Å²) >= 11 is 0. The Morgan fingerprint density at radius 3 is 2.78 bits per heavy atom. The van der Waals surface area contributed by atoms with Crippen molar-refractivity contribution in [2.24, 2.45) is 0 Å². The van der Waals surface area contributed by atoms with Crippen molar-refractivity contribution < 1.29 is 0 Å². The van der Waals surface area contributed by atoms with Gasteiger partial charge in [0.2, 0.25) is 0 Å². The lowest BCUT2D eigenvalue weighted by molar-refractivity contribution is 0.657. The van der Waals surface area contributed by atoms with Gasteiger partial charge in [-0.15, -0.1) is 0 Å². The van der Waals surface area contributed by atoms with Crippen LogP contribution in [0.2, 0.25) is 0 Å². The Kier molecular flexibility index (Phi) is 3.60. The van der Waals surface area contributed by atoms with Gasteiger partial charge in [0, 0.05) is 30.7 Å². The molecule has 0 aliphatic heterocycles. The molecule has 0 fully saturated rings. The van der Waals surface area contributed by atoms with Crippen molar-refractivity contribution in [2.75, 3.05) is 5.32 Å². The number of aryl methyl sites for hydroxylation is 3. The van der Waals surface area contributed by atoms with E-state index in [9.17, 15) is 0 Å². The van der Waals surface area contributed by atoms with Crippen LogP contribution in [0.15, 0.2) is 18.5 Å². The second-order valence-electron chi connectivity index (χ2n) is 4.38. The molecule has 0 spiro atoms. The van der Waals surface area contributed by atoms with E-state index in [4.69, 9.17) is 0 Å². The summed E-state index contributed by atoms with van der Waals surface area (Å²) in [6.07, 6.45) is 3.82. The molecule has 0 saturated carbocycles. The molecule has 0 bridgehead atoms. The summed E-state index contributed by atoms with van der Waals surface area (Å²) in [5.41, 5.74) is 0.969. The topological polar surface area (TPSA) is 55.6 Å². The lowest BCUT2D eigenvalue weighted by Crippen LogP contribution is -2.14. The van der Waals surface area contributed by atoms with Gasteiger partial charge in [0.05, 0.1) is 6.04 Å². The second kappa shape index (κ2) is 5.16. The largest absolute Gasteiger partial charge is 0.360 e. The van der Waals surface area contributed by atoms with Crippen molar-refractivity contribution in [1.29, 1.82) is 0 Å². The fourth-order valence-electron chi connectivity index (χ4n) is 2.05. The molecule has 0 saturated heterocycles. The fourth-order valence-corrected chi connectivity index (χ4v) is 2.05. The third-order valence-corrected chi connectivity index (χ3v) is 2.81. The number of hydrogen-bond acceptors (Lipinski definition) is 4. The Hall–Kier alpha value is -1.91. The van der Waals surface area contributed by atoms with Crippen LogP contribution in [0.4, 0.5) is 5.82 Å². The monoisotopic (exact) mass is 245 g/mol. The first-order chi connectivity index (χ1) is 8.60. The number of rotatable bonds is 4. The highest BCUT2D eigenvalue weighted by atomic mass is 15.1. The van der Waals surface area contributed by atoms with E-state index in [0.717, 1.165) is 29.7 Å². The molecule has 96 valence electrons. The molecule has 0 aromatic carbocycles. The zero-order valence-electron chi connectivity index (χ0n) is 11.3. The number of hydrogen-bond donors (Lipinski definition) is 1. The van der Waals surface area contributed by atoms with E-state index in [-0.39, 0.29) is 6.04 Å². The van der Waals surface area contributed by atoms with Crippen molar-refractivity contribution >= 4 is 5.82 Å². The summed E-state index contributed by atoms with van der Waals surface area (Å²) in [4.78, 5) is 13.0. The minimum absolute atomic E-state index is 0.119. The van der Waals surface area contributed by atoms with E-state index < -0.39 is 0 Å². The zero-order chi connectivity index (χ0) is 13.1. The van der Waals surface area contributed by atoms with Gasteiger partial charge >= 0.3 is 0 Å². The quantitative estimate of drug-likeness (QED) is 0.899. The van der Waals surface area contributed by atoms with Crippen molar-refractivity contribution in [2.45, 2.75) is 40.3 Å². The minimum atomic E-state index is 0.119. The Balaban J connectivity index is 2.18. The Morgan fingerprint density at radius 1 is 1.33 bits per heavy atom. The summed E-state index contributed by atoms with van der Waals surface area (Å²) in [5, 5.41) is 3.37. The van der Waals surface area contributed by atoms with Crippen LogP contribution in [0.25, 0.3) is 0 Å². The smallest absolute Gasteiger partial charge is 0.130 e. The Morgan fingerprint density at radius 2 is 2.11 bits per heavy atom. The lowest BCUT2D eigenvalue weighted by atomic mass is 10.3. The van der Waals surface area contributed by atoms with Gasteiger partial charge in [-0.05, 0) is 27.7 Å². The van der Waals surface area contributed by atoms with Crippen LogP contribution in [0.1, 0.15) is 37.2 Å². The summed E-state index contributed by atoms with van der Waals surface area (Å²) < 4.78 is 2.12. The second-order valence-corrected chi connectivity index (χ2v) is 4.38. The normalized spacial score (nSPS) is 12.4. The summed E-state index contributed by atoms with van der Waals surface area (Å²) in [5.74, 6) is 2.65. The number of nitrogens with one attached hydrogen (secondary N) is 1. The van der Waals surface area contributed by atoms with E-state index in [2.05, 4.69) is 38.7 Å². The van der Waals surface area contributed by atoms with Crippen molar-refractivity contribution in [3.8, 4) is 0 Å². The van der Waals surface area contributed by atoms with Crippen LogP contribution in [0.5, 0.6) is 0 Å². The first-order valence-electron chi connectivity index (χ1n) is 6.20. The maximum Gasteiger partial charge on any atom is 0.130 e. The minimum Gasteiger partial charge on any atom is -0.360 e. The van der Waals surface area contributed by atoms with Crippen LogP contribution in [-0.2, 0) is 6.54 Å². The molecule has 5 heteroatoms. The summed E-state index contributed by atoms with van der Waals surface area (Å²) in [6, 6.07) is 2.07. The number of aromatic nitrogens is 4. The molecule has 18 heavy (non-hydrogen) atoms. The highest BCUT2D eigenvalue weighted by Gasteiger charge is 2.12. The van der Waals surface area contributed by atoms with Gasteiger partial charge in [-0.3, -0.25) is 0 Å². The van der Waals surface area contributed by atoms with E-state index in [1.807, 2.05) is 32.3 Å². The van der Waals surface area contributed by atoms with Crippen LogP contribution >= 0.6 is 0 Å². The molecule has 2 rings (SSSR count). The zero-order valence-corrected chi connectivity index (χ0v) is 11.3. The molecular formula is C13H19N5. The van der Waals surface area contributed by atoms with Gasteiger partial charge in [-0.2, -0.15) is 0 Å². The Bertz CT molecular complexity index is 512. The Labute approximate surface area is 107 Å². The molecule has 0 unspecified atom stereocenters. The standard InChI is InChI=1S/C13H19N5/c1-5-18-7-6-14-13(18)10(3)16-12-8-9(2)15-11(4)17-12/h6-8,10H,5H2,1-4H3,(H,15,16,17)/t10-/m1/s1. The molecule has 1 atom stereocenters. The van der Waals surface area contributed by atoms with Crippen molar-refractivity contribution in [1.82, 2.24) is 19.5 Å². The molecule has 0 radical (unpaired) electrons. The van der Waals surface area contributed by atoms with E-state index >= 15 is 0 Å². The number of imidazole rings is 1. The lowest BCUT2D eigenvalue weighted by Gasteiger charge is -2.16. The number of anilines is 1. The molecule has 2 heterocycles. The van der Waals surface area contributed by atoms with Gasteiger partial charge in [0.15, 0.2) is 0 Å². The third kappa shape index (κ3) is 2.67. The predicted molar refractivity (Wildman–Crippen MR) is 71.4 cm³/mol. The maximum absolute atomic E-state index is 4.39. The van der Waals surface area contributed by atoms with Crippen LogP contribution in [0.3, 0.4) is 0 Å². The van der Waals surface area contributed by atoms with Gasteiger partial charge in [-0.25, -0.2) is 15.0 Å². The average molecular weight is 245 g/mol. The first-order valence-corrected chi connectivity index (χ1v) is 6.20. The molecule has 2 aromatic rings. The van der Waals surface area contributed by atoms with Gasteiger partial charge < -0.3 is 9.88 Å². The summed E-state index contributed by atoms with van der Waals surface area (Å²) in [6.45, 7) is 8.98.